The molecule has 0 radical (unpaired) electrons. The first-order valence-electron chi connectivity index (χ1n) is 12.2. The van der Waals surface area contributed by atoms with Crippen molar-refractivity contribution in [1.82, 2.24) is 14.8 Å². The van der Waals surface area contributed by atoms with Gasteiger partial charge in [0.05, 0.1) is 13.1 Å². The topological polar surface area (TPSA) is 89.9 Å². The van der Waals surface area contributed by atoms with E-state index in [0.717, 1.165) is 33.2 Å². The molecule has 2 aliphatic heterocycles. The Morgan fingerprint density at radius 1 is 1.08 bits per heavy atom. The highest BCUT2D eigenvalue weighted by atomic mass is 16.6. The molecule has 1 spiro atoms. The van der Waals surface area contributed by atoms with Crippen LogP contribution in [0, 0.1) is 13.8 Å². The normalized spacial score (nSPS) is 22.2. The molecule has 3 heterocycles. The summed E-state index contributed by atoms with van der Waals surface area (Å²) in [6.07, 6.45) is 1.01. The van der Waals surface area contributed by atoms with Crippen molar-refractivity contribution in [3.05, 3.63) is 82.7 Å². The van der Waals surface area contributed by atoms with Gasteiger partial charge in [-0.3, -0.25) is 14.5 Å². The van der Waals surface area contributed by atoms with Crippen molar-refractivity contribution in [3.8, 4) is 11.5 Å². The minimum Gasteiger partial charge on any atom is -0.486 e. The second-order valence-electron chi connectivity index (χ2n) is 9.70. The Morgan fingerprint density at radius 3 is 2.67 bits per heavy atom. The number of urea groups is 1. The molecule has 1 aromatic heterocycles. The third-order valence-electron chi connectivity index (χ3n) is 7.55. The number of ether oxygens (including phenoxy) is 2. The number of ketones is 1. The fraction of sp³-hybridized carbons (Fsp3) is 0.321. The molecule has 3 amide bonds. The predicted octanol–water partition coefficient (Wildman–Crippen LogP) is 3.52. The van der Waals surface area contributed by atoms with E-state index in [-0.39, 0.29) is 24.3 Å². The van der Waals surface area contributed by atoms with Crippen LogP contribution in [-0.2, 0) is 23.3 Å². The lowest BCUT2D eigenvalue weighted by Crippen LogP contribution is -2.42. The van der Waals surface area contributed by atoms with Crippen LogP contribution in [0.1, 0.15) is 39.3 Å². The van der Waals surface area contributed by atoms with E-state index in [2.05, 4.69) is 5.32 Å². The van der Waals surface area contributed by atoms with Crippen molar-refractivity contribution in [1.29, 1.82) is 0 Å². The molecular formula is C28H27N3O5. The molecule has 184 valence electrons. The summed E-state index contributed by atoms with van der Waals surface area (Å²) in [6.45, 7) is 4.43. The van der Waals surface area contributed by atoms with E-state index in [9.17, 15) is 14.4 Å². The van der Waals surface area contributed by atoms with Gasteiger partial charge in [-0.25, -0.2) is 4.79 Å². The van der Waals surface area contributed by atoms with Crippen molar-refractivity contribution >= 4 is 17.7 Å². The number of aromatic nitrogens is 1. The number of benzene rings is 2. The van der Waals surface area contributed by atoms with E-state index < -0.39 is 11.6 Å². The lowest BCUT2D eigenvalue weighted by molar-refractivity contribution is -0.131. The standard InChI is InChI=1S/C28H27N3O5/c1-17-13-21(18(2)30(17)14-20-16-35-24-9-5-6-10-25(24)36-20)23(32)15-31-26(33)28(29-27(31)34)12-11-19-7-3-4-8-22(19)28/h3-10,13,20H,11-12,14-16H2,1-2H3,(H,29,34)/t20-,28-/m1/s1. The van der Waals surface area contributed by atoms with Crippen molar-refractivity contribution in [2.24, 2.45) is 0 Å². The van der Waals surface area contributed by atoms with E-state index in [1.807, 2.05) is 73.0 Å². The van der Waals surface area contributed by atoms with Crippen molar-refractivity contribution in [3.63, 3.8) is 0 Å². The maximum absolute atomic E-state index is 13.4. The summed E-state index contributed by atoms with van der Waals surface area (Å²) in [5.74, 6) is 0.800. The van der Waals surface area contributed by atoms with Crippen LogP contribution in [0.3, 0.4) is 0 Å². The number of para-hydroxylation sites is 2. The Labute approximate surface area is 208 Å². The second-order valence-corrected chi connectivity index (χ2v) is 9.70. The maximum Gasteiger partial charge on any atom is 0.325 e. The Balaban J connectivity index is 1.19. The van der Waals surface area contributed by atoms with Crippen molar-refractivity contribution < 1.29 is 23.9 Å². The fourth-order valence-corrected chi connectivity index (χ4v) is 5.68. The van der Waals surface area contributed by atoms with Crippen molar-refractivity contribution in [2.45, 2.75) is 44.9 Å². The van der Waals surface area contributed by atoms with Crippen LogP contribution >= 0.6 is 0 Å². The first-order valence-corrected chi connectivity index (χ1v) is 12.2. The highest BCUT2D eigenvalue weighted by Crippen LogP contribution is 2.41. The molecule has 1 saturated heterocycles. The van der Waals surface area contributed by atoms with Gasteiger partial charge in [-0.05, 0) is 56.0 Å². The second kappa shape index (κ2) is 8.26. The number of aryl methyl sites for hydroxylation is 2. The Bertz CT molecular complexity index is 1410. The molecule has 6 rings (SSSR count). The zero-order valence-corrected chi connectivity index (χ0v) is 20.2. The Kier molecular flexibility index (Phi) is 5.14. The minimum absolute atomic E-state index is 0.208. The number of nitrogens with zero attached hydrogens (tertiary/aromatic N) is 2. The van der Waals surface area contributed by atoms with Crippen LogP contribution in [0.4, 0.5) is 4.79 Å². The third-order valence-corrected chi connectivity index (χ3v) is 7.55. The average Bonchev–Trinajstić information content (AvgIpc) is 3.48. The average molecular weight is 486 g/mol. The maximum atomic E-state index is 13.4. The molecule has 8 heteroatoms. The van der Waals surface area contributed by atoms with Crippen LogP contribution < -0.4 is 14.8 Å². The molecule has 3 aromatic rings. The van der Waals surface area contributed by atoms with Gasteiger partial charge in [-0.15, -0.1) is 0 Å². The number of fused-ring (bicyclic) bond motifs is 3. The zero-order chi connectivity index (χ0) is 25.0. The summed E-state index contributed by atoms with van der Waals surface area (Å²) in [6, 6.07) is 16.5. The summed E-state index contributed by atoms with van der Waals surface area (Å²) in [5, 5.41) is 2.89. The summed E-state index contributed by atoms with van der Waals surface area (Å²) in [7, 11) is 0. The molecule has 0 bridgehead atoms. The van der Waals surface area contributed by atoms with E-state index in [1.54, 1.807) is 0 Å². The molecule has 0 unspecified atom stereocenters. The Hall–Kier alpha value is -4.07. The SMILES string of the molecule is Cc1cc(C(=O)CN2C(=O)N[C@@]3(CCc4ccccc43)C2=O)c(C)n1C[C@@H]1COc2ccccc2O1. The van der Waals surface area contributed by atoms with Gasteiger partial charge >= 0.3 is 6.03 Å². The highest BCUT2D eigenvalue weighted by Gasteiger charge is 2.55. The Morgan fingerprint density at radius 2 is 1.83 bits per heavy atom. The van der Waals surface area contributed by atoms with Gasteiger partial charge < -0.3 is 19.4 Å². The van der Waals surface area contributed by atoms with Crippen LogP contribution in [0.25, 0.3) is 0 Å². The van der Waals surface area contributed by atoms with Gasteiger partial charge in [0, 0.05) is 17.0 Å². The molecule has 3 aliphatic rings. The number of Topliss-reactive ketones (excluding diaryl/α,β-unsaturated/α-hetero) is 1. The first kappa shape index (κ1) is 22.4. The van der Waals surface area contributed by atoms with Crippen LogP contribution in [0.5, 0.6) is 11.5 Å². The molecule has 1 aliphatic carbocycles. The molecule has 8 nitrogen and oxygen atoms in total. The lowest BCUT2D eigenvalue weighted by atomic mass is 9.92. The van der Waals surface area contributed by atoms with Crippen LogP contribution in [0.2, 0.25) is 0 Å². The predicted molar refractivity (Wildman–Crippen MR) is 131 cm³/mol. The molecule has 1 N–H and O–H groups in total. The minimum atomic E-state index is -1.07. The van der Waals surface area contributed by atoms with E-state index in [0.29, 0.717) is 37.3 Å². The lowest BCUT2D eigenvalue weighted by Gasteiger charge is -2.27. The molecule has 2 atom stereocenters. The third kappa shape index (κ3) is 3.39. The zero-order valence-electron chi connectivity index (χ0n) is 20.2. The van der Waals surface area contributed by atoms with E-state index >= 15 is 0 Å². The fourth-order valence-electron chi connectivity index (χ4n) is 5.68. The number of carbonyl (C=O) groups is 3. The number of amides is 3. The van der Waals surface area contributed by atoms with E-state index in [1.165, 1.54) is 0 Å². The smallest absolute Gasteiger partial charge is 0.325 e. The van der Waals surface area contributed by atoms with Gasteiger partial charge in [0.2, 0.25) is 0 Å². The van der Waals surface area contributed by atoms with Crippen LogP contribution in [0.15, 0.2) is 54.6 Å². The van der Waals surface area contributed by atoms with Gasteiger partial charge in [0.1, 0.15) is 12.1 Å². The summed E-state index contributed by atoms with van der Waals surface area (Å²) in [4.78, 5) is 40.7. The highest BCUT2D eigenvalue weighted by molar-refractivity contribution is 6.12. The number of carbonyl (C=O) groups excluding carboxylic acids is 3. The summed E-state index contributed by atoms with van der Waals surface area (Å²) < 4.78 is 14.0. The number of rotatable bonds is 5. The summed E-state index contributed by atoms with van der Waals surface area (Å²) >= 11 is 0. The molecule has 36 heavy (non-hydrogen) atoms. The van der Waals surface area contributed by atoms with Gasteiger partial charge in [0.15, 0.2) is 23.4 Å². The van der Waals surface area contributed by atoms with Crippen LogP contribution in [-0.4, -0.2) is 46.4 Å². The molecule has 2 aromatic carbocycles. The number of imide groups is 1. The summed E-state index contributed by atoms with van der Waals surface area (Å²) in [5.41, 5.74) is 2.98. The number of hydrogen-bond acceptors (Lipinski definition) is 5. The first-order chi connectivity index (χ1) is 17.4. The monoisotopic (exact) mass is 485 g/mol. The van der Waals surface area contributed by atoms with Crippen molar-refractivity contribution in [2.75, 3.05) is 13.2 Å². The largest absolute Gasteiger partial charge is 0.486 e. The van der Waals surface area contributed by atoms with Gasteiger partial charge in [0.25, 0.3) is 5.91 Å². The number of hydrogen-bond donors (Lipinski definition) is 1. The van der Waals surface area contributed by atoms with Gasteiger partial charge in [-0.2, -0.15) is 0 Å². The number of nitrogens with one attached hydrogen (secondary N) is 1. The molecular weight excluding hydrogens is 458 g/mol. The van der Waals surface area contributed by atoms with Gasteiger partial charge in [-0.1, -0.05) is 36.4 Å². The molecule has 0 saturated carbocycles. The molecule has 1 fully saturated rings. The quantitative estimate of drug-likeness (QED) is 0.441. The van der Waals surface area contributed by atoms with E-state index in [4.69, 9.17) is 9.47 Å².